The number of benzene rings is 2. The molecule has 0 unspecified atom stereocenters. The highest BCUT2D eigenvalue weighted by Crippen LogP contribution is 2.52. The number of piperidine rings is 1. The lowest BCUT2D eigenvalue weighted by atomic mass is 9.58. The first-order chi connectivity index (χ1) is 15.2. The minimum atomic E-state index is -0.154. The lowest BCUT2D eigenvalue weighted by molar-refractivity contribution is 0.0265. The van der Waals surface area contributed by atoms with Gasteiger partial charge in [0.1, 0.15) is 11.5 Å². The quantitative estimate of drug-likeness (QED) is 0.550. The normalized spacial score (nSPS) is 27.3. The number of phenolic OH excluding ortho intramolecular Hbond substituents is 1. The molecule has 3 atom stereocenters. The van der Waals surface area contributed by atoms with Crippen LogP contribution < -0.4 is 4.74 Å². The van der Waals surface area contributed by atoms with Gasteiger partial charge in [0.05, 0.1) is 22.7 Å². The van der Waals surface area contributed by atoms with Gasteiger partial charge in [0.25, 0.3) is 0 Å². The number of ketones is 1. The SMILES string of the molecule is CCOc1cc(Cl)c(Cl)c(-c2cc3c(cc2O)[C@@]2(C)CCN(CC4CC4)[C@H](C3=O)[C@@H]2C)c1. The second-order valence-corrected chi connectivity index (χ2v) is 10.6. The van der Waals surface area contributed by atoms with Crippen molar-refractivity contribution in [1.29, 1.82) is 0 Å². The van der Waals surface area contributed by atoms with Crippen LogP contribution in [0.5, 0.6) is 11.5 Å². The van der Waals surface area contributed by atoms with Gasteiger partial charge in [0, 0.05) is 29.3 Å². The summed E-state index contributed by atoms with van der Waals surface area (Å²) in [7, 11) is 0. The van der Waals surface area contributed by atoms with Crippen molar-refractivity contribution in [3.63, 3.8) is 0 Å². The fourth-order valence-corrected chi connectivity index (χ4v) is 6.09. The van der Waals surface area contributed by atoms with E-state index in [1.165, 1.54) is 12.8 Å². The molecule has 1 aliphatic heterocycles. The zero-order valence-electron chi connectivity index (χ0n) is 18.8. The largest absolute Gasteiger partial charge is 0.507 e. The molecule has 1 heterocycles. The zero-order chi connectivity index (χ0) is 22.8. The van der Waals surface area contributed by atoms with Crippen molar-refractivity contribution < 1.29 is 14.6 Å². The molecule has 1 saturated carbocycles. The molecule has 2 bridgehead atoms. The van der Waals surface area contributed by atoms with E-state index in [-0.39, 0.29) is 28.9 Å². The Balaban J connectivity index is 1.64. The molecule has 32 heavy (non-hydrogen) atoms. The number of hydrogen-bond donors (Lipinski definition) is 1. The number of nitrogens with zero attached hydrogens (tertiary/aromatic N) is 1. The number of aromatic hydroxyl groups is 1. The summed E-state index contributed by atoms with van der Waals surface area (Å²) in [5.41, 5.74) is 2.56. The van der Waals surface area contributed by atoms with E-state index >= 15 is 0 Å². The number of ether oxygens (including phenoxy) is 1. The van der Waals surface area contributed by atoms with E-state index in [0.29, 0.717) is 39.1 Å². The third kappa shape index (κ3) is 3.43. The fourth-order valence-electron chi connectivity index (χ4n) is 5.67. The van der Waals surface area contributed by atoms with E-state index in [2.05, 4.69) is 18.7 Å². The summed E-state index contributed by atoms with van der Waals surface area (Å²) in [6, 6.07) is 6.92. The van der Waals surface area contributed by atoms with Gasteiger partial charge in [-0.05, 0) is 73.7 Å². The summed E-state index contributed by atoms with van der Waals surface area (Å²) in [6.45, 7) is 8.75. The van der Waals surface area contributed by atoms with Crippen LogP contribution in [0, 0.1) is 11.8 Å². The predicted octanol–water partition coefficient (Wildman–Crippen LogP) is 6.34. The van der Waals surface area contributed by atoms with Gasteiger partial charge in [-0.3, -0.25) is 9.69 Å². The summed E-state index contributed by atoms with van der Waals surface area (Å²) < 4.78 is 5.63. The molecule has 2 aromatic rings. The van der Waals surface area contributed by atoms with Crippen molar-refractivity contribution in [2.75, 3.05) is 19.7 Å². The molecule has 1 N–H and O–H groups in total. The topological polar surface area (TPSA) is 49.8 Å². The average Bonchev–Trinajstić information content (AvgIpc) is 3.57. The molecule has 2 aromatic carbocycles. The van der Waals surface area contributed by atoms with Crippen molar-refractivity contribution in [3.8, 4) is 22.6 Å². The first kappa shape index (κ1) is 22.1. The molecule has 4 nitrogen and oxygen atoms in total. The van der Waals surface area contributed by atoms with E-state index in [1.807, 2.05) is 13.0 Å². The molecule has 2 aliphatic carbocycles. The van der Waals surface area contributed by atoms with Gasteiger partial charge < -0.3 is 9.84 Å². The Kier molecular flexibility index (Phi) is 5.47. The average molecular weight is 474 g/mol. The fraction of sp³-hybridized carbons (Fsp3) is 0.500. The van der Waals surface area contributed by atoms with Crippen LogP contribution in [-0.2, 0) is 5.41 Å². The smallest absolute Gasteiger partial charge is 0.180 e. The third-order valence-corrected chi connectivity index (χ3v) is 8.67. The highest BCUT2D eigenvalue weighted by molar-refractivity contribution is 6.44. The van der Waals surface area contributed by atoms with E-state index in [4.69, 9.17) is 27.9 Å². The van der Waals surface area contributed by atoms with Gasteiger partial charge in [0.15, 0.2) is 5.78 Å². The van der Waals surface area contributed by atoms with Crippen molar-refractivity contribution in [2.45, 2.75) is 51.5 Å². The maximum atomic E-state index is 13.8. The maximum absolute atomic E-state index is 13.8. The van der Waals surface area contributed by atoms with Crippen molar-refractivity contribution in [3.05, 3.63) is 45.4 Å². The molecule has 0 aromatic heterocycles. The van der Waals surface area contributed by atoms with Crippen LogP contribution in [0.15, 0.2) is 24.3 Å². The standard InChI is InChI=1S/C26H29Cl2NO3/c1-4-32-16-9-18(23(28)21(27)10-16)17-11-19-20(12-22(17)30)26(3)7-8-29(13-15-5-6-15)24(14(26)2)25(19)31/h9-12,14-15,24,30H,4-8,13H2,1-3H3/t14-,24-,26-/m0/s1. The highest BCUT2D eigenvalue weighted by Gasteiger charge is 2.53. The Morgan fingerprint density at radius 2 is 1.91 bits per heavy atom. The first-order valence-electron chi connectivity index (χ1n) is 11.5. The summed E-state index contributed by atoms with van der Waals surface area (Å²) in [6.07, 6.45) is 3.52. The molecule has 1 saturated heterocycles. The molecular weight excluding hydrogens is 445 g/mol. The molecule has 0 radical (unpaired) electrons. The molecule has 6 heteroatoms. The third-order valence-electron chi connectivity index (χ3n) is 7.87. The number of fused-ring (bicyclic) bond motifs is 4. The Hall–Kier alpha value is -1.75. The van der Waals surface area contributed by atoms with Crippen molar-refractivity contribution in [1.82, 2.24) is 4.90 Å². The van der Waals surface area contributed by atoms with Gasteiger partial charge in [-0.25, -0.2) is 0 Å². The number of carbonyl (C=O) groups is 1. The van der Waals surface area contributed by atoms with Crippen molar-refractivity contribution in [2.24, 2.45) is 11.8 Å². The van der Waals surface area contributed by atoms with Crippen LogP contribution in [0.4, 0.5) is 0 Å². The Bertz CT molecular complexity index is 1100. The lowest BCUT2D eigenvalue weighted by Crippen LogP contribution is -2.61. The molecule has 3 aliphatic rings. The minimum absolute atomic E-state index is 0.107. The van der Waals surface area contributed by atoms with E-state index < -0.39 is 0 Å². The number of rotatable bonds is 5. The summed E-state index contributed by atoms with van der Waals surface area (Å²) >= 11 is 12.9. The van der Waals surface area contributed by atoms with Gasteiger partial charge >= 0.3 is 0 Å². The predicted molar refractivity (Wildman–Crippen MR) is 128 cm³/mol. The zero-order valence-corrected chi connectivity index (χ0v) is 20.3. The van der Waals surface area contributed by atoms with E-state index in [1.54, 1.807) is 18.2 Å². The monoisotopic (exact) mass is 473 g/mol. The summed E-state index contributed by atoms with van der Waals surface area (Å²) in [5, 5.41) is 11.7. The number of hydrogen-bond acceptors (Lipinski definition) is 4. The summed E-state index contributed by atoms with van der Waals surface area (Å²) in [4.78, 5) is 16.2. The highest BCUT2D eigenvalue weighted by atomic mass is 35.5. The molecule has 0 amide bonds. The van der Waals surface area contributed by atoms with Crippen LogP contribution in [0.2, 0.25) is 10.0 Å². The van der Waals surface area contributed by atoms with Gasteiger partial charge in [-0.1, -0.05) is 37.0 Å². The minimum Gasteiger partial charge on any atom is -0.507 e. The number of Topliss-reactive ketones (excluding diaryl/α,β-unsaturated/α-hetero) is 1. The molecular formula is C26H29Cl2NO3. The van der Waals surface area contributed by atoms with Crippen molar-refractivity contribution >= 4 is 29.0 Å². The van der Waals surface area contributed by atoms with E-state index in [0.717, 1.165) is 31.0 Å². The number of halogens is 2. The second kappa shape index (κ2) is 7.93. The van der Waals surface area contributed by atoms with Crippen LogP contribution >= 0.6 is 23.2 Å². The van der Waals surface area contributed by atoms with Gasteiger partial charge in [-0.15, -0.1) is 0 Å². The number of phenols is 1. The number of likely N-dealkylation sites (tertiary alicyclic amines) is 1. The molecule has 170 valence electrons. The van der Waals surface area contributed by atoms with Crippen LogP contribution in [0.1, 0.15) is 56.0 Å². The summed E-state index contributed by atoms with van der Waals surface area (Å²) in [5.74, 6) is 1.76. The lowest BCUT2D eigenvalue weighted by Gasteiger charge is -2.53. The second-order valence-electron chi connectivity index (χ2n) is 9.82. The number of carbonyl (C=O) groups excluding carboxylic acids is 1. The van der Waals surface area contributed by atoms with E-state index in [9.17, 15) is 9.90 Å². The molecule has 0 spiro atoms. The Morgan fingerprint density at radius 1 is 1.16 bits per heavy atom. The van der Waals surface area contributed by atoms with Gasteiger partial charge in [-0.2, -0.15) is 0 Å². The maximum Gasteiger partial charge on any atom is 0.180 e. The molecule has 5 rings (SSSR count). The van der Waals surface area contributed by atoms with Crippen LogP contribution in [0.3, 0.4) is 0 Å². The molecule has 2 fully saturated rings. The van der Waals surface area contributed by atoms with Crippen LogP contribution in [-0.4, -0.2) is 41.5 Å². The Morgan fingerprint density at radius 3 is 2.59 bits per heavy atom. The first-order valence-corrected chi connectivity index (χ1v) is 12.3. The van der Waals surface area contributed by atoms with Crippen LogP contribution in [0.25, 0.3) is 11.1 Å². The Labute approximate surface area is 199 Å². The van der Waals surface area contributed by atoms with Gasteiger partial charge in [0.2, 0.25) is 0 Å².